The van der Waals surface area contributed by atoms with E-state index in [9.17, 15) is 5.11 Å². The zero-order valence-electron chi connectivity index (χ0n) is 6.57. The first-order valence-electron chi connectivity index (χ1n) is 3.44. The van der Waals surface area contributed by atoms with E-state index in [0.29, 0.717) is 0 Å². The standard InChI is InChI=1S/C8H12OS2/c1-5-6(10)3-4-8(2,9)7(5)11/h3-4,7,9-11H,1-2H3. The molecular formula is C8H12OS2. The molecule has 0 saturated carbocycles. The van der Waals surface area contributed by atoms with Crippen LogP contribution in [0.1, 0.15) is 13.8 Å². The fraction of sp³-hybridized carbons (Fsp3) is 0.500. The SMILES string of the molecule is CC1=C(S)C=CC(C)(O)C1S. The van der Waals surface area contributed by atoms with E-state index >= 15 is 0 Å². The Morgan fingerprint density at radius 1 is 1.64 bits per heavy atom. The first-order chi connectivity index (χ1) is 4.95. The molecule has 2 atom stereocenters. The van der Waals surface area contributed by atoms with Crippen molar-refractivity contribution in [3.8, 4) is 0 Å². The van der Waals surface area contributed by atoms with Gasteiger partial charge >= 0.3 is 0 Å². The lowest BCUT2D eigenvalue weighted by molar-refractivity contribution is 0.117. The van der Waals surface area contributed by atoms with Gasteiger partial charge in [-0.2, -0.15) is 12.6 Å². The van der Waals surface area contributed by atoms with Crippen LogP contribution in [0.2, 0.25) is 0 Å². The highest BCUT2D eigenvalue weighted by Crippen LogP contribution is 2.32. The Balaban J connectivity index is 3.01. The van der Waals surface area contributed by atoms with Crippen molar-refractivity contribution >= 4 is 25.3 Å². The zero-order chi connectivity index (χ0) is 8.65. The maximum absolute atomic E-state index is 9.70. The van der Waals surface area contributed by atoms with Crippen LogP contribution < -0.4 is 0 Å². The molecule has 0 heterocycles. The van der Waals surface area contributed by atoms with Crippen LogP contribution in [0.25, 0.3) is 0 Å². The largest absolute Gasteiger partial charge is 0.385 e. The lowest BCUT2D eigenvalue weighted by atomic mass is 9.92. The average molecular weight is 188 g/mol. The Morgan fingerprint density at radius 3 is 2.64 bits per heavy atom. The molecule has 1 aliphatic rings. The number of aliphatic hydroxyl groups is 1. The molecule has 0 amide bonds. The summed E-state index contributed by atoms with van der Waals surface area (Å²) >= 11 is 8.51. The van der Waals surface area contributed by atoms with E-state index in [1.165, 1.54) is 0 Å². The number of hydrogen-bond acceptors (Lipinski definition) is 3. The van der Waals surface area contributed by atoms with Gasteiger partial charge in [0, 0.05) is 4.91 Å². The van der Waals surface area contributed by atoms with Crippen molar-refractivity contribution in [2.45, 2.75) is 24.7 Å². The first kappa shape index (κ1) is 9.23. The molecule has 1 aliphatic carbocycles. The zero-order valence-corrected chi connectivity index (χ0v) is 8.36. The van der Waals surface area contributed by atoms with Gasteiger partial charge in [0.2, 0.25) is 0 Å². The smallest absolute Gasteiger partial charge is 0.0956 e. The van der Waals surface area contributed by atoms with Crippen molar-refractivity contribution in [1.82, 2.24) is 0 Å². The molecule has 0 radical (unpaired) electrons. The maximum Gasteiger partial charge on any atom is 0.0956 e. The molecule has 0 aromatic rings. The van der Waals surface area contributed by atoms with Crippen LogP contribution in [0, 0.1) is 0 Å². The van der Waals surface area contributed by atoms with E-state index in [1.54, 1.807) is 13.0 Å². The Bertz CT molecular complexity index is 228. The Kier molecular flexibility index (Phi) is 2.42. The number of thiol groups is 2. The quantitative estimate of drug-likeness (QED) is 0.495. The monoisotopic (exact) mass is 188 g/mol. The van der Waals surface area contributed by atoms with Gasteiger partial charge in [0.1, 0.15) is 0 Å². The van der Waals surface area contributed by atoms with E-state index < -0.39 is 5.60 Å². The highest BCUT2D eigenvalue weighted by Gasteiger charge is 2.30. The summed E-state index contributed by atoms with van der Waals surface area (Å²) in [5, 5.41) is 9.56. The molecule has 0 spiro atoms. The molecule has 3 heteroatoms. The molecule has 1 nitrogen and oxygen atoms in total. The third kappa shape index (κ3) is 1.66. The van der Waals surface area contributed by atoms with Gasteiger partial charge in [-0.1, -0.05) is 6.08 Å². The highest BCUT2D eigenvalue weighted by atomic mass is 32.1. The molecule has 1 N–H and O–H groups in total. The van der Waals surface area contributed by atoms with Crippen LogP contribution in [-0.2, 0) is 0 Å². The Hall–Kier alpha value is 0.140. The van der Waals surface area contributed by atoms with Crippen molar-refractivity contribution in [3.05, 3.63) is 22.6 Å². The number of hydrogen-bond donors (Lipinski definition) is 3. The molecule has 0 aromatic carbocycles. The Morgan fingerprint density at radius 2 is 2.18 bits per heavy atom. The highest BCUT2D eigenvalue weighted by molar-refractivity contribution is 7.85. The van der Waals surface area contributed by atoms with Gasteiger partial charge in [0.05, 0.1) is 10.9 Å². The van der Waals surface area contributed by atoms with E-state index in [0.717, 1.165) is 10.5 Å². The topological polar surface area (TPSA) is 20.2 Å². The van der Waals surface area contributed by atoms with Crippen molar-refractivity contribution in [2.24, 2.45) is 0 Å². The molecular weight excluding hydrogens is 176 g/mol. The lowest BCUT2D eigenvalue weighted by Crippen LogP contribution is -2.36. The molecule has 1 rings (SSSR count). The number of rotatable bonds is 0. The van der Waals surface area contributed by atoms with E-state index in [-0.39, 0.29) is 5.25 Å². The summed E-state index contributed by atoms with van der Waals surface area (Å²) in [5.74, 6) is 0. The van der Waals surface area contributed by atoms with Crippen molar-refractivity contribution in [3.63, 3.8) is 0 Å². The minimum atomic E-state index is -0.834. The van der Waals surface area contributed by atoms with Gasteiger partial charge in [-0.05, 0) is 25.5 Å². The normalized spacial score (nSPS) is 38.1. The second kappa shape index (κ2) is 2.88. The van der Waals surface area contributed by atoms with Crippen molar-refractivity contribution in [2.75, 3.05) is 0 Å². The van der Waals surface area contributed by atoms with E-state index in [2.05, 4.69) is 25.3 Å². The third-order valence-electron chi connectivity index (χ3n) is 1.95. The summed E-state index contributed by atoms with van der Waals surface area (Å²) in [7, 11) is 0. The van der Waals surface area contributed by atoms with Crippen LogP contribution in [0.15, 0.2) is 22.6 Å². The van der Waals surface area contributed by atoms with Crippen molar-refractivity contribution in [1.29, 1.82) is 0 Å². The molecule has 0 aromatic heterocycles. The summed E-state index contributed by atoms with van der Waals surface area (Å²) < 4.78 is 0. The summed E-state index contributed by atoms with van der Waals surface area (Å²) in [4.78, 5) is 0.900. The minimum Gasteiger partial charge on any atom is -0.385 e. The van der Waals surface area contributed by atoms with Gasteiger partial charge in [0.25, 0.3) is 0 Å². The van der Waals surface area contributed by atoms with Crippen LogP contribution in [0.4, 0.5) is 0 Å². The lowest BCUT2D eigenvalue weighted by Gasteiger charge is -2.30. The maximum atomic E-state index is 9.70. The molecule has 11 heavy (non-hydrogen) atoms. The molecule has 2 unspecified atom stereocenters. The summed E-state index contributed by atoms with van der Waals surface area (Å²) in [5.41, 5.74) is 0.184. The molecule has 0 saturated heterocycles. The predicted octanol–water partition coefficient (Wildman–Crippen LogP) is 1.81. The summed E-state index contributed by atoms with van der Waals surface area (Å²) in [6.45, 7) is 3.67. The second-order valence-electron chi connectivity index (χ2n) is 3.03. The van der Waals surface area contributed by atoms with E-state index in [1.807, 2.05) is 13.0 Å². The molecule has 62 valence electrons. The van der Waals surface area contributed by atoms with Crippen LogP contribution >= 0.6 is 25.3 Å². The average Bonchev–Trinajstić information content (AvgIpc) is 1.95. The van der Waals surface area contributed by atoms with Crippen LogP contribution in [-0.4, -0.2) is 16.0 Å². The van der Waals surface area contributed by atoms with Crippen LogP contribution in [0.3, 0.4) is 0 Å². The molecule has 0 aliphatic heterocycles. The number of allylic oxidation sites excluding steroid dienone is 1. The fourth-order valence-corrected chi connectivity index (χ4v) is 1.58. The molecule has 0 fully saturated rings. The fourth-order valence-electron chi connectivity index (χ4n) is 1.05. The van der Waals surface area contributed by atoms with Gasteiger partial charge in [-0.25, -0.2) is 0 Å². The second-order valence-corrected chi connectivity index (χ2v) is 4.03. The first-order valence-corrected chi connectivity index (χ1v) is 4.41. The van der Waals surface area contributed by atoms with Gasteiger partial charge in [0.15, 0.2) is 0 Å². The van der Waals surface area contributed by atoms with Crippen molar-refractivity contribution < 1.29 is 5.11 Å². The molecule has 0 bridgehead atoms. The van der Waals surface area contributed by atoms with Gasteiger partial charge < -0.3 is 5.11 Å². The Labute approximate surface area is 78.0 Å². The van der Waals surface area contributed by atoms with Gasteiger partial charge in [-0.3, -0.25) is 0 Å². The summed E-state index contributed by atoms with van der Waals surface area (Å²) in [6.07, 6.45) is 3.53. The van der Waals surface area contributed by atoms with Crippen LogP contribution in [0.5, 0.6) is 0 Å². The summed E-state index contributed by atoms with van der Waals surface area (Å²) in [6, 6.07) is 0. The van der Waals surface area contributed by atoms with E-state index in [4.69, 9.17) is 0 Å². The third-order valence-corrected chi connectivity index (χ3v) is 3.36. The van der Waals surface area contributed by atoms with Gasteiger partial charge in [-0.15, -0.1) is 12.6 Å². The minimum absolute atomic E-state index is 0.139. The predicted molar refractivity (Wildman–Crippen MR) is 54.2 cm³/mol.